The summed E-state index contributed by atoms with van der Waals surface area (Å²) in [6.07, 6.45) is 0.621. The number of carbonyl (C=O) groups is 1. The first-order chi connectivity index (χ1) is 12.4. The highest BCUT2D eigenvalue weighted by Crippen LogP contribution is 2.25. The van der Waals surface area contributed by atoms with E-state index in [1.807, 2.05) is 0 Å². The highest BCUT2D eigenvalue weighted by Gasteiger charge is 2.28. The van der Waals surface area contributed by atoms with Gasteiger partial charge < -0.3 is 10.6 Å². The number of halogens is 1. The van der Waals surface area contributed by atoms with E-state index in [2.05, 4.69) is 10.6 Å². The van der Waals surface area contributed by atoms with Crippen LogP contribution in [0.15, 0.2) is 48.5 Å². The van der Waals surface area contributed by atoms with Crippen molar-refractivity contribution in [2.45, 2.75) is 19.4 Å². The zero-order chi connectivity index (χ0) is 18.7. The number of nitrogens with zero attached hydrogens (tertiary/aromatic N) is 1. The van der Waals surface area contributed by atoms with Gasteiger partial charge in [-0.05, 0) is 49.7 Å². The molecule has 1 aliphatic heterocycles. The van der Waals surface area contributed by atoms with E-state index < -0.39 is 21.9 Å². The van der Waals surface area contributed by atoms with Gasteiger partial charge in [0, 0.05) is 12.2 Å². The first kappa shape index (κ1) is 18.2. The van der Waals surface area contributed by atoms with Gasteiger partial charge in [-0.3, -0.25) is 9.10 Å². The molecule has 0 aromatic heterocycles. The number of carbonyl (C=O) groups excluding carboxylic acids is 1. The third-order valence-corrected chi connectivity index (χ3v) is 6.03. The van der Waals surface area contributed by atoms with Crippen molar-refractivity contribution >= 4 is 33.0 Å². The van der Waals surface area contributed by atoms with E-state index in [0.717, 1.165) is 0 Å². The lowest BCUT2D eigenvalue weighted by molar-refractivity contribution is -0.116. The van der Waals surface area contributed by atoms with Crippen LogP contribution in [0, 0.1) is 5.82 Å². The number of hydrogen-bond donors (Lipinski definition) is 2. The maximum absolute atomic E-state index is 13.6. The van der Waals surface area contributed by atoms with Crippen LogP contribution in [0.3, 0.4) is 0 Å². The number of para-hydroxylation sites is 1. The summed E-state index contributed by atoms with van der Waals surface area (Å²) in [5.41, 5.74) is 1.40. The quantitative estimate of drug-likeness (QED) is 0.840. The third kappa shape index (κ3) is 3.96. The summed E-state index contributed by atoms with van der Waals surface area (Å²) < 4.78 is 38.9. The lowest BCUT2D eigenvalue weighted by Gasteiger charge is -2.19. The van der Waals surface area contributed by atoms with Crippen LogP contribution in [0.1, 0.15) is 13.3 Å². The zero-order valence-electron chi connectivity index (χ0n) is 14.3. The van der Waals surface area contributed by atoms with Crippen LogP contribution in [0.5, 0.6) is 0 Å². The van der Waals surface area contributed by atoms with Gasteiger partial charge in [0.05, 0.1) is 17.1 Å². The van der Waals surface area contributed by atoms with E-state index >= 15 is 0 Å². The Balaban J connectivity index is 1.63. The van der Waals surface area contributed by atoms with E-state index in [9.17, 15) is 17.6 Å². The van der Waals surface area contributed by atoms with Crippen molar-refractivity contribution in [3.8, 4) is 0 Å². The Morgan fingerprint density at radius 2 is 1.85 bits per heavy atom. The lowest BCUT2D eigenvalue weighted by Crippen LogP contribution is -2.32. The molecule has 0 saturated carbocycles. The summed E-state index contributed by atoms with van der Waals surface area (Å²) in [7, 11) is -3.21. The topological polar surface area (TPSA) is 78.5 Å². The highest BCUT2D eigenvalue weighted by atomic mass is 32.2. The number of hydrogen-bond acceptors (Lipinski definition) is 4. The van der Waals surface area contributed by atoms with Crippen LogP contribution in [0.25, 0.3) is 0 Å². The molecule has 2 aromatic carbocycles. The fraction of sp³-hybridized carbons (Fsp3) is 0.278. The molecule has 2 aromatic rings. The van der Waals surface area contributed by atoms with Gasteiger partial charge in [0.1, 0.15) is 11.9 Å². The van der Waals surface area contributed by atoms with Crippen LogP contribution in [0.2, 0.25) is 0 Å². The molecule has 26 heavy (non-hydrogen) atoms. The van der Waals surface area contributed by atoms with Crippen molar-refractivity contribution < 1.29 is 17.6 Å². The molecule has 1 atom stereocenters. The van der Waals surface area contributed by atoms with Gasteiger partial charge >= 0.3 is 0 Å². The molecule has 3 rings (SSSR count). The summed E-state index contributed by atoms with van der Waals surface area (Å²) in [6, 6.07) is 12.2. The summed E-state index contributed by atoms with van der Waals surface area (Å²) in [6.45, 7) is 2.14. The fourth-order valence-electron chi connectivity index (χ4n) is 2.77. The van der Waals surface area contributed by atoms with E-state index in [4.69, 9.17) is 0 Å². The smallest absolute Gasteiger partial charge is 0.246 e. The van der Waals surface area contributed by atoms with Crippen molar-refractivity contribution in [1.29, 1.82) is 0 Å². The predicted octanol–water partition coefficient (Wildman–Crippen LogP) is 2.80. The molecule has 8 heteroatoms. The Labute approximate surface area is 152 Å². The lowest BCUT2D eigenvalue weighted by atomic mass is 10.2. The second kappa shape index (κ2) is 7.33. The molecular formula is C18H20FN3O3S. The molecule has 1 unspecified atom stereocenters. The summed E-state index contributed by atoms with van der Waals surface area (Å²) in [5, 5.41) is 5.55. The van der Waals surface area contributed by atoms with Gasteiger partial charge in [0.2, 0.25) is 15.9 Å². The second-order valence-electron chi connectivity index (χ2n) is 6.12. The van der Waals surface area contributed by atoms with Gasteiger partial charge in [-0.25, -0.2) is 12.8 Å². The minimum absolute atomic E-state index is 0.126. The minimum Gasteiger partial charge on any atom is -0.374 e. The van der Waals surface area contributed by atoms with Crippen molar-refractivity contribution in [3.05, 3.63) is 54.3 Å². The molecule has 0 spiro atoms. The number of benzene rings is 2. The molecule has 1 amide bonds. The van der Waals surface area contributed by atoms with Crippen molar-refractivity contribution in [2.75, 3.05) is 27.2 Å². The van der Waals surface area contributed by atoms with Gasteiger partial charge in [-0.1, -0.05) is 12.1 Å². The van der Waals surface area contributed by atoms with E-state index in [1.165, 1.54) is 16.4 Å². The zero-order valence-corrected chi connectivity index (χ0v) is 15.1. The number of sulfonamides is 1. The van der Waals surface area contributed by atoms with Gasteiger partial charge in [-0.2, -0.15) is 0 Å². The number of rotatable bonds is 5. The molecule has 1 heterocycles. The summed E-state index contributed by atoms with van der Waals surface area (Å²) >= 11 is 0. The van der Waals surface area contributed by atoms with Gasteiger partial charge in [0.15, 0.2) is 0 Å². The van der Waals surface area contributed by atoms with E-state index in [-0.39, 0.29) is 17.3 Å². The second-order valence-corrected chi connectivity index (χ2v) is 8.14. The molecule has 0 bridgehead atoms. The number of anilines is 3. The Morgan fingerprint density at radius 3 is 2.46 bits per heavy atom. The normalized spacial score (nSPS) is 16.9. The van der Waals surface area contributed by atoms with E-state index in [0.29, 0.717) is 24.3 Å². The predicted molar refractivity (Wildman–Crippen MR) is 100 cm³/mol. The SMILES string of the molecule is CC(Nc1ccc(N2CCCS2(=O)=O)cc1)C(=O)Nc1ccccc1F. The third-order valence-electron chi connectivity index (χ3n) is 4.16. The molecule has 1 saturated heterocycles. The van der Waals surface area contributed by atoms with Crippen LogP contribution in [-0.2, 0) is 14.8 Å². The highest BCUT2D eigenvalue weighted by molar-refractivity contribution is 7.93. The van der Waals surface area contributed by atoms with Gasteiger partial charge in [0.25, 0.3) is 0 Å². The first-order valence-electron chi connectivity index (χ1n) is 8.29. The molecule has 0 radical (unpaired) electrons. The standard InChI is InChI=1S/C18H20FN3O3S/c1-13(18(23)21-17-6-3-2-5-16(17)19)20-14-7-9-15(10-8-14)22-11-4-12-26(22,24)25/h2-3,5-10,13,20H,4,11-12H2,1H3,(H,21,23). The van der Waals surface area contributed by atoms with Crippen molar-refractivity contribution in [2.24, 2.45) is 0 Å². The Kier molecular flexibility index (Phi) is 5.13. The van der Waals surface area contributed by atoms with Crippen LogP contribution in [-0.4, -0.2) is 32.7 Å². The Morgan fingerprint density at radius 1 is 1.15 bits per heavy atom. The fourth-order valence-corrected chi connectivity index (χ4v) is 4.34. The van der Waals surface area contributed by atoms with E-state index in [1.54, 1.807) is 43.3 Å². The largest absolute Gasteiger partial charge is 0.374 e. The summed E-state index contributed by atoms with van der Waals surface area (Å²) in [5.74, 6) is -0.703. The Bertz CT molecular complexity index is 900. The first-order valence-corrected chi connectivity index (χ1v) is 9.90. The van der Waals surface area contributed by atoms with Gasteiger partial charge in [-0.15, -0.1) is 0 Å². The van der Waals surface area contributed by atoms with Crippen molar-refractivity contribution in [1.82, 2.24) is 0 Å². The molecule has 0 aliphatic carbocycles. The van der Waals surface area contributed by atoms with Crippen LogP contribution in [0.4, 0.5) is 21.5 Å². The molecular weight excluding hydrogens is 357 g/mol. The Hall–Kier alpha value is -2.61. The monoisotopic (exact) mass is 377 g/mol. The maximum atomic E-state index is 13.6. The average molecular weight is 377 g/mol. The molecule has 2 N–H and O–H groups in total. The molecule has 1 fully saturated rings. The molecule has 6 nitrogen and oxygen atoms in total. The molecule has 138 valence electrons. The number of amides is 1. The van der Waals surface area contributed by atoms with Crippen LogP contribution < -0.4 is 14.9 Å². The average Bonchev–Trinajstić information content (AvgIpc) is 2.97. The summed E-state index contributed by atoms with van der Waals surface area (Å²) in [4.78, 5) is 12.2. The minimum atomic E-state index is -3.21. The maximum Gasteiger partial charge on any atom is 0.246 e. The number of nitrogens with one attached hydrogen (secondary N) is 2. The van der Waals surface area contributed by atoms with Crippen LogP contribution >= 0.6 is 0 Å². The molecule has 1 aliphatic rings. The van der Waals surface area contributed by atoms with Crippen molar-refractivity contribution in [3.63, 3.8) is 0 Å².